The van der Waals surface area contributed by atoms with Crippen molar-refractivity contribution in [3.8, 4) is 0 Å². The number of amides is 2. The number of hydrogen-bond donors (Lipinski definition) is 1. The Hall–Kier alpha value is -2.31. The Morgan fingerprint density at radius 3 is 2.46 bits per heavy atom. The van der Waals surface area contributed by atoms with Crippen LogP contribution in [0.4, 0.5) is 5.69 Å². The molecule has 24 heavy (non-hydrogen) atoms. The van der Waals surface area contributed by atoms with Crippen LogP contribution >= 0.6 is 23.4 Å². The topological polar surface area (TPSA) is 74.7 Å². The van der Waals surface area contributed by atoms with E-state index in [4.69, 9.17) is 11.6 Å². The van der Waals surface area contributed by atoms with Crippen molar-refractivity contribution in [2.75, 3.05) is 4.90 Å². The van der Waals surface area contributed by atoms with Crippen molar-refractivity contribution in [2.24, 2.45) is 0 Å². The number of halogens is 1. The number of anilines is 1. The molecule has 0 aliphatic carbocycles. The predicted octanol–water partition coefficient (Wildman–Crippen LogP) is 3.46. The molecular formula is C17H12ClNO4S. The minimum absolute atomic E-state index is 0.0279. The van der Waals surface area contributed by atoms with E-state index in [1.807, 2.05) is 0 Å². The molecule has 1 heterocycles. The van der Waals surface area contributed by atoms with Crippen molar-refractivity contribution in [3.63, 3.8) is 0 Å². The fraction of sp³-hybridized carbons (Fsp3) is 0.118. The Morgan fingerprint density at radius 2 is 1.79 bits per heavy atom. The molecule has 0 spiro atoms. The number of carbonyl (C=O) groups excluding carboxylic acids is 2. The molecule has 1 unspecified atom stereocenters. The van der Waals surface area contributed by atoms with Gasteiger partial charge in [-0.3, -0.25) is 9.59 Å². The molecule has 2 aromatic rings. The van der Waals surface area contributed by atoms with Crippen LogP contribution in [0.2, 0.25) is 5.02 Å². The summed E-state index contributed by atoms with van der Waals surface area (Å²) >= 11 is 6.93. The molecule has 5 nitrogen and oxygen atoms in total. The van der Waals surface area contributed by atoms with Gasteiger partial charge >= 0.3 is 5.97 Å². The van der Waals surface area contributed by atoms with E-state index in [1.54, 1.807) is 42.5 Å². The Labute approximate surface area is 147 Å². The first-order valence-electron chi connectivity index (χ1n) is 7.08. The summed E-state index contributed by atoms with van der Waals surface area (Å²) in [5.74, 6) is -1.73. The Bertz CT molecular complexity index is 822. The minimum Gasteiger partial charge on any atom is -0.478 e. The van der Waals surface area contributed by atoms with E-state index in [2.05, 4.69) is 0 Å². The number of carboxylic acids is 1. The first-order valence-corrected chi connectivity index (χ1v) is 8.34. The lowest BCUT2D eigenvalue weighted by molar-refractivity contribution is -0.121. The summed E-state index contributed by atoms with van der Waals surface area (Å²) in [4.78, 5) is 37.7. The quantitative estimate of drug-likeness (QED) is 0.844. The highest BCUT2D eigenvalue weighted by Gasteiger charge is 2.40. The van der Waals surface area contributed by atoms with Crippen LogP contribution in [0.3, 0.4) is 0 Å². The van der Waals surface area contributed by atoms with Gasteiger partial charge in [0.2, 0.25) is 11.8 Å². The number of nitrogens with zero attached hydrogens (tertiary/aromatic N) is 1. The molecule has 1 atom stereocenters. The normalized spacial score (nSPS) is 17.4. The van der Waals surface area contributed by atoms with Crippen LogP contribution in [0.15, 0.2) is 53.4 Å². The zero-order valence-electron chi connectivity index (χ0n) is 12.3. The fourth-order valence-corrected chi connectivity index (χ4v) is 3.76. The molecule has 7 heteroatoms. The highest BCUT2D eigenvalue weighted by atomic mass is 35.5. The van der Waals surface area contributed by atoms with Crippen LogP contribution in [-0.4, -0.2) is 28.1 Å². The van der Waals surface area contributed by atoms with Gasteiger partial charge in [-0.15, -0.1) is 11.8 Å². The standard InChI is InChI=1S/C17H12ClNO4S/c18-10-5-7-11(8-6-10)19-15(20)9-14(16(19)21)24-13-4-2-1-3-12(13)17(22)23/h1-8,14H,9H2,(H,22,23). The summed E-state index contributed by atoms with van der Waals surface area (Å²) in [6.07, 6.45) is 0.0279. The van der Waals surface area contributed by atoms with E-state index in [1.165, 1.54) is 6.07 Å². The lowest BCUT2D eigenvalue weighted by Crippen LogP contribution is -2.31. The molecular weight excluding hydrogens is 350 g/mol. The summed E-state index contributed by atoms with van der Waals surface area (Å²) in [5.41, 5.74) is 0.580. The van der Waals surface area contributed by atoms with Crippen molar-refractivity contribution in [3.05, 3.63) is 59.1 Å². The van der Waals surface area contributed by atoms with Crippen LogP contribution in [0.5, 0.6) is 0 Å². The van der Waals surface area contributed by atoms with Crippen LogP contribution in [0, 0.1) is 0 Å². The van der Waals surface area contributed by atoms with Gasteiger partial charge in [-0.2, -0.15) is 0 Å². The first-order chi connectivity index (χ1) is 11.5. The van der Waals surface area contributed by atoms with E-state index >= 15 is 0 Å². The smallest absolute Gasteiger partial charge is 0.336 e. The second-order valence-corrected chi connectivity index (χ2v) is 6.84. The fourth-order valence-electron chi connectivity index (χ4n) is 2.46. The number of carbonyl (C=O) groups is 3. The number of aromatic carboxylic acids is 1. The Kier molecular flexibility index (Phi) is 4.59. The molecule has 2 aromatic carbocycles. The number of benzene rings is 2. The molecule has 0 aromatic heterocycles. The summed E-state index contributed by atoms with van der Waals surface area (Å²) in [6.45, 7) is 0. The lowest BCUT2D eigenvalue weighted by Gasteiger charge is -2.15. The molecule has 1 fully saturated rings. The van der Waals surface area contributed by atoms with Gasteiger partial charge in [0.05, 0.1) is 16.5 Å². The van der Waals surface area contributed by atoms with Crippen molar-refractivity contribution in [2.45, 2.75) is 16.6 Å². The third-order valence-corrected chi connectivity index (χ3v) is 5.09. The lowest BCUT2D eigenvalue weighted by atomic mass is 10.2. The second-order valence-electron chi connectivity index (χ2n) is 5.16. The third-order valence-electron chi connectivity index (χ3n) is 3.58. The van der Waals surface area contributed by atoms with Gasteiger partial charge in [-0.1, -0.05) is 23.7 Å². The average Bonchev–Trinajstić information content (AvgIpc) is 2.83. The third kappa shape index (κ3) is 3.16. The highest BCUT2D eigenvalue weighted by molar-refractivity contribution is 8.00. The van der Waals surface area contributed by atoms with Gasteiger partial charge in [-0.05, 0) is 36.4 Å². The molecule has 122 valence electrons. The molecule has 1 aliphatic rings. The molecule has 0 saturated carbocycles. The summed E-state index contributed by atoms with van der Waals surface area (Å²) < 4.78 is 0. The average molecular weight is 362 g/mol. The van der Waals surface area contributed by atoms with Crippen molar-refractivity contribution in [1.82, 2.24) is 0 Å². The SMILES string of the molecule is O=C(O)c1ccccc1SC1CC(=O)N(c2ccc(Cl)cc2)C1=O. The predicted molar refractivity (Wildman–Crippen MR) is 91.6 cm³/mol. The number of carboxylic acid groups (broad SMARTS) is 1. The van der Waals surface area contributed by atoms with E-state index in [0.717, 1.165) is 16.7 Å². The van der Waals surface area contributed by atoms with Crippen LogP contribution < -0.4 is 4.90 Å². The monoisotopic (exact) mass is 361 g/mol. The maximum absolute atomic E-state index is 12.6. The number of rotatable bonds is 4. The Balaban J connectivity index is 1.85. The zero-order chi connectivity index (χ0) is 17.3. The summed E-state index contributed by atoms with van der Waals surface area (Å²) in [5, 5.41) is 9.09. The zero-order valence-corrected chi connectivity index (χ0v) is 13.9. The van der Waals surface area contributed by atoms with Crippen molar-refractivity contribution >= 4 is 46.8 Å². The molecule has 1 aliphatic heterocycles. The number of thioether (sulfide) groups is 1. The number of imide groups is 1. The van der Waals surface area contributed by atoms with Crippen LogP contribution in [0.1, 0.15) is 16.8 Å². The molecule has 1 saturated heterocycles. The van der Waals surface area contributed by atoms with Gasteiger partial charge < -0.3 is 5.11 Å². The Morgan fingerprint density at radius 1 is 1.12 bits per heavy atom. The largest absolute Gasteiger partial charge is 0.478 e. The van der Waals surface area contributed by atoms with Crippen LogP contribution in [-0.2, 0) is 9.59 Å². The second kappa shape index (κ2) is 6.67. The van der Waals surface area contributed by atoms with Gasteiger partial charge in [0.1, 0.15) is 0 Å². The van der Waals surface area contributed by atoms with Gasteiger partial charge in [0.25, 0.3) is 0 Å². The van der Waals surface area contributed by atoms with E-state index in [-0.39, 0.29) is 23.8 Å². The molecule has 3 rings (SSSR count). The molecule has 0 bridgehead atoms. The van der Waals surface area contributed by atoms with E-state index in [9.17, 15) is 19.5 Å². The molecule has 2 amide bonds. The maximum atomic E-state index is 12.6. The molecule has 1 N–H and O–H groups in total. The number of hydrogen-bond acceptors (Lipinski definition) is 4. The van der Waals surface area contributed by atoms with Crippen molar-refractivity contribution in [1.29, 1.82) is 0 Å². The van der Waals surface area contributed by atoms with E-state index < -0.39 is 11.2 Å². The van der Waals surface area contributed by atoms with Crippen LogP contribution in [0.25, 0.3) is 0 Å². The van der Waals surface area contributed by atoms with Gasteiger partial charge in [0, 0.05) is 16.3 Å². The highest BCUT2D eigenvalue weighted by Crippen LogP contribution is 2.35. The summed E-state index contributed by atoms with van der Waals surface area (Å²) in [7, 11) is 0. The first kappa shape index (κ1) is 16.5. The van der Waals surface area contributed by atoms with Gasteiger partial charge in [-0.25, -0.2) is 9.69 Å². The van der Waals surface area contributed by atoms with E-state index in [0.29, 0.717) is 15.6 Å². The molecule has 0 radical (unpaired) electrons. The van der Waals surface area contributed by atoms with Gasteiger partial charge in [0.15, 0.2) is 0 Å². The summed E-state index contributed by atoms with van der Waals surface area (Å²) in [6, 6.07) is 12.9. The van der Waals surface area contributed by atoms with Crippen molar-refractivity contribution < 1.29 is 19.5 Å². The maximum Gasteiger partial charge on any atom is 0.336 e. The minimum atomic E-state index is -1.07.